The Morgan fingerprint density at radius 2 is 1.79 bits per heavy atom. The quantitative estimate of drug-likeness (QED) is 0.890. The molecule has 0 saturated carbocycles. The minimum absolute atomic E-state index is 0.0838. The number of hydrogen-bond donors (Lipinski definition) is 1. The van der Waals surface area contributed by atoms with Crippen molar-refractivity contribution in [2.45, 2.75) is 18.9 Å². The Morgan fingerprint density at radius 1 is 1.11 bits per heavy atom. The highest BCUT2D eigenvalue weighted by molar-refractivity contribution is 5.51. The third kappa shape index (κ3) is 2.30. The van der Waals surface area contributed by atoms with Crippen molar-refractivity contribution in [3.8, 4) is 6.07 Å². The predicted octanol–water partition coefficient (Wildman–Crippen LogP) is 3.28. The molecular weight excluding hydrogens is 239 g/mol. The van der Waals surface area contributed by atoms with Crippen LogP contribution in [-0.2, 0) is 12.8 Å². The highest BCUT2D eigenvalue weighted by atomic mass is 19.1. The summed E-state index contributed by atoms with van der Waals surface area (Å²) in [6.45, 7) is 0. The molecule has 0 fully saturated rings. The molecule has 2 aromatic carbocycles. The summed E-state index contributed by atoms with van der Waals surface area (Å²) in [6.07, 6.45) is 1.94. The van der Waals surface area contributed by atoms with E-state index in [1.165, 1.54) is 17.2 Å². The van der Waals surface area contributed by atoms with Gasteiger partial charge in [-0.25, -0.2) is 4.39 Å². The molecule has 0 aromatic heterocycles. The molecule has 0 aliphatic heterocycles. The first-order valence-electron chi connectivity index (χ1n) is 6.29. The summed E-state index contributed by atoms with van der Waals surface area (Å²) >= 11 is 0. The number of nitrogens with one attached hydrogen (secondary N) is 1. The van der Waals surface area contributed by atoms with Crippen molar-refractivity contribution in [3.63, 3.8) is 0 Å². The average Bonchev–Trinajstić information content (AvgIpc) is 2.83. The Kier molecular flexibility index (Phi) is 2.92. The molecule has 0 amide bonds. The van der Waals surface area contributed by atoms with E-state index in [1.54, 1.807) is 12.1 Å². The van der Waals surface area contributed by atoms with E-state index in [-0.39, 0.29) is 5.56 Å². The van der Waals surface area contributed by atoms with Crippen LogP contribution in [0.5, 0.6) is 0 Å². The maximum Gasteiger partial charge on any atom is 0.141 e. The zero-order valence-electron chi connectivity index (χ0n) is 10.4. The van der Waals surface area contributed by atoms with Crippen LogP contribution < -0.4 is 5.32 Å². The number of anilines is 1. The molecule has 1 aliphatic carbocycles. The van der Waals surface area contributed by atoms with E-state index in [4.69, 9.17) is 5.26 Å². The standard InChI is InChI=1S/C16H13FN2/c17-16-6-5-14(9-13(16)10-18)19-15-7-11-3-1-2-4-12(11)8-15/h1-6,9,15,19H,7-8H2. The number of halogens is 1. The Labute approximate surface area is 111 Å². The molecule has 2 nitrogen and oxygen atoms in total. The van der Waals surface area contributed by atoms with Crippen molar-refractivity contribution in [2.75, 3.05) is 5.32 Å². The monoisotopic (exact) mass is 252 g/mol. The summed E-state index contributed by atoms with van der Waals surface area (Å²) in [6, 6.07) is 15.1. The minimum atomic E-state index is -0.470. The molecule has 3 rings (SSSR count). The van der Waals surface area contributed by atoms with Crippen LogP contribution in [0.3, 0.4) is 0 Å². The first-order chi connectivity index (χ1) is 9.26. The van der Waals surface area contributed by atoms with E-state index in [1.807, 2.05) is 18.2 Å². The molecule has 0 unspecified atom stereocenters. The molecule has 0 heterocycles. The van der Waals surface area contributed by atoms with Gasteiger partial charge in [0.2, 0.25) is 0 Å². The Morgan fingerprint density at radius 3 is 2.42 bits per heavy atom. The van der Waals surface area contributed by atoms with Crippen LogP contribution in [0.4, 0.5) is 10.1 Å². The van der Waals surface area contributed by atoms with E-state index in [9.17, 15) is 4.39 Å². The van der Waals surface area contributed by atoms with Gasteiger partial charge in [-0.1, -0.05) is 24.3 Å². The second-order valence-electron chi connectivity index (χ2n) is 4.82. The molecule has 0 saturated heterocycles. The van der Waals surface area contributed by atoms with Gasteiger partial charge in [0.15, 0.2) is 0 Å². The topological polar surface area (TPSA) is 35.8 Å². The third-order valence-electron chi connectivity index (χ3n) is 3.51. The number of nitriles is 1. The lowest BCUT2D eigenvalue weighted by atomic mass is 10.1. The van der Waals surface area contributed by atoms with E-state index >= 15 is 0 Å². The fourth-order valence-electron chi connectivity index (χ4n) is 2.60. The van der Waals surface area contributed by atoms with Crippen LogP contribution in [0.25, 0.3) is 0 Å². The highest BCUT2D eigenvalue weighted by Crippen LogP contribution is 2.25. The number of rotatable bonds is 2. The van der Waals surface area contributed by atoms with Gasteiger partial charge in [-0.3, -0.25) is 0 Å². The first kappa shape index (κ1) is 11.7. The molecule has 19 heavy (non-hydrogen) atoms. The number of nitrogens with zero attached hydrogens (tertiary/aromatic N) is 1. The molecule has 1 N–H and O–H groups in total. The number of hydrogen-bond acceptors (Lipinski definition) is 2. The van der Waals surface area contributed by atoms with Gasteiger partial charge in [0, 0.05) is 11.7 Å². The fraction of sp³-hybridized carbons (Fsp3) is 0.188. The molecule has 2 aromatic rings. The van der Waals surface area contributed by atoms with Gasteiger partial charge < -0.3 is 5.32 Å². The van der Waals surface area contributed by atoms with E-state index in [2.05, 4.69) is 17.4 Å². The summed E-state index contributed by atoms with van der Waals surface area (Å²) in [7, 11) is 0. The van der Waals surface area contributed by atoms with E-state index < -0.39 is 5.82 Å². The lowest BCUT2D eigenvalue weighted by Gasteiger charge is -2.13. The molecular formula is C16H13FN2. The maximum absolute atomic E-state index is 13.2. The van der Waals surface area contributed by atoms with Crippen LogP contribution in [0.2, 0.25) is 0 Å². The summed E-state index contributed by atoms with van der Waals surface area (Å²) in [5, 5.41) is 12.2. The second kappa shape index (κ2) is 4.74. The van der Waals surface area contributed by atoms with Gasteiger partial charge >= 0.3 is 0 Å². The van der Waals surface area contributed by atoms with Crippen LogP contribution in [0, 0.1) is 17.1 Å². The number of benzene rings is 2. The summed E-state index contributed by atoms with van der Waals surface area (Å²) in [5.41, 5.74) is 3.61. The van der Waals surface area contributed by atoms with E-state index in [0.717, 1.165) is 18.5 Å². The van der Waals surface area contributed by atoms with Gasteiger partial charge in [0.25, 0.3) is 0 Å². The van der Waals surface area contributed by atoms with Crippen LogP contribution >= 0.6 is 0 Å². The molecule has 0 radical (unpaired) electrons. The average molecular weight is 252 g/mol. The van der Waals surface area contributed by atoms with Crippen LogP contribution in [0.1, 0.15) is 16.7 Å². The Balaban J connectivity index is 1.76. The van der Waals surface area contributed by atoms with Crippen molar-refractivity contribution in [1.29, 1.82) is 5.26 Å². The largest absolute Gasteiger partial charge is 0.382 e. The van der Waals surface area contributed by atoms with Gasteiger partial charge in [-0.15, -0.1) is 0 Å². The second-order valence-corrected chi connectivity index (χ2v) is 4.82. The fourth-order valence-corrected chi connectivity index (χ4v) is 2.60. The normalized spacial score (nSPS) is 13.9. The lowest BCUT2D eigenvalue weighted by molar-refractivity contribution is 0.624. The summed E-state index contributed by atoms with van der Waals surface area (Å²) in [4.78, 5) is 0. The van der Waals surface area contributed by atoms with Crippen molar-refractivity contribution in [1.82, 2.24) is 0 Å². The first-order valence-corrected chi connectivity index (χ1v) is 6.29. The zero-order valence-corrected chi connectivity index (χ0v) is 10.4. The van der Waals surface area contributed by atoms with Crippen LogP contribution in [0.15, 0.2) is 42.5 Å². The molecule has 1 aliphatic rings. The van der Waals surface area contributed by atoms with Crippen molar-refractivity contribution < 1.29 is 4.39 Å². The molecule has 0 spiro atoms. The van der Waals surface area contributed by atoms with Crippen LogP contribution in [-0.4, -0.2) is 6.04 Å². The highest BCUT2D eigenvalue weighted by Gasteiger charge is 2.20. The van der Waals surface area contributed by atoms with Gasteiger partial charge in [-0.05, 0) is 42.2 Å². The molecule has 0 bridgehead atoms. The number of fused-ring (bicyclic) bond motifs is 1. The van der Waals surface area contributed by atoms with E-state index in [0.29, 0.717) is 6.04 Å². The SMILES string of the molecule is N#Cc1cc(NC2Cc3ccccc3C2)ccc1F. The molecule has 0 atom stereocenters. The Bertz CT molecular complexity index is 633. The van der Waals surface area contributed by atoms with Crippen molar-refractivity contribution in [2.24, 2.45) is 0 Å². The van der Waals surface area contributed by atoms with Gasteiger partial charge in [0.05, 0.1) is 5.56 Å². The van der Waals surface area contributed by atoms with Gasteiger partial charge in [0.1, 0.15) is 11.9 Å². The van der Waals surface area contributed by atoms with Crippen molar-refractivity contribution in [3.05, 3.63) is 65.0 Å². The smallest absolute Gasteiger partial charge is 0.141 e. The predicted molar refractivity (Wildman–Crippen MR) is 72.4 cm³/mol. The summed E-state index contributed by atoms with van der Waals surface area (Å²) < 4.78 is 13.2. The lowest BCUT2D eigenvalue weighted by Crippen LogP contribution is -2.19. The zero-order chi connectivity index (χ0) is 13.2. The molecule has 94 valence electrons. The Hall–Kier alpha value is -2.34. The van der Waals surface area contributed by atoms with Crippen molar-refractivity contribution >= 4 is 5.69 Å². The maximum atomic E-state index is 13.2. The minimum Gasteiger partial charge on any atom is -0.382 e. The third-order valence-corrected chi connectivity index (χ3v) is 3.51. The van der Waals surface area contributed by atoms with Gasteiger partial charge in [-0.2, -0.15) is 5.26 Å². The summed E-state index contributed by atoms with van der Waals surface area (Å²) in [5.74, 6) is -0.470. The molecule has 3 heteroatoms.